The molecule has 0 bridgehead atoms. The van der Waals surface area contributed by atoms with Crippen LogP contribution in [-0.4, -0.2) is 41.4 Å². The lowest BCUT2D eigenvalue weighted by Crippen LogP contribution is -2.41. The smallest absolute Gasteiger partial charge is 0.398 e. The zero-order valence-corrected chi connectivity index (χ0v) is 12.7. The van der Waals surface area contributed by atoms with Crippen molar-refractivity contribution in [3.05, 3.63) is 12.4 Å². The molecule has 0 aromatic carbocycles. The van der Waals surface area contributed by atoms with Crippen LogP contribution in [0.5, 0.6) is 0 Å². The van der Waals surface area contributed by atoms with Crippen LogP contribution in [0.4, 0.5) is 5.82 Å². The molecular formula is C14H22BN3O2. The molecule has 0 N–H and O–H groups in total. The van der Waals surface area contributed by atoms with Gasteiger partial charge in [-0.25, -0.2) is 4.98 Å². The first-order valence-corrected chi connectivity index (χ1v) is 7.32. The topological polar surface area (TPSA) is 47.5 Å². The van der Waals surface area contributed by atoms with Crippen LogP contribution in [0, 0.1) is 0 Å². The molecule has 0 spiro atoms. The average molecular weight is 275 g/mol. The van der Waals surface area contributed by atoms with Crippen LogP contribution in [0.15, 0.2) is 12.4 Å². The third-order valence-electron chi connectivity index (χ3n) is 4.59. The lowest BCUT2D eigenvalue weighted by atomic mass is 9.84. The van der Waals surface area contributed by atoms with Gasteiger partial charge in [-0.1, -0.05) is 0 Å². The Kier molecular flexibility index (Phi) is 3.25. The molecule has 0 saturated carbocycles. The van der Waals surface area contributed by atoms with E-state index in [-0.39, 0.29) is 11.2 Å². The summed E-state index contributed by atoms with van der Waals surface area (Å²) in [5.41, 5.74) is 0.0997. The Morgan fingerprint density at radius 1 is 1.00 bits per heavy atom. The normalized spacial score (nSPS) is 24.4. The van der Waals surface area contributed by atoms with Gasteiger partial charge < -0.3 is 14.2 Å². The molecule has 6 heteroatoms. The molecule has 0 radical (unpaired) electrons. The molecule has 0 amide bonds. The zero-order valence-electron chi connectivity index (χ0n) is 12.7. The Balaban J connectivity index is 1.92. The molecule has 0 atom stereocenters. The van der Waals surface area contributed by atoms with Crippen LogP contribution < -0.4 is 10.5 Å². The van der Waals surface area contributed by atoms with Crippen molar-refractivity contribution in [2.24, 2.45) is 0 Å². The second-order valence-corrected chi connectivity index (χ2v) is 6.55. The van der Waals surface area contributed by atoms with Crippen LogP contribution >= 0.6 is 0 Å². The summed E-state index contributed by atoms with van der Waals surface area (Å²) in [4.78, 5) is 11.3. The van der Waals surface area contributed by atoms with Gasteiger partial charge >= 0.3 is 7.12 Å². The molecular weight excluding hydrogens is 253 g/mol. The van der Waals surface area contributed by atoms with Crippen molar-refractivity contribution in [3.8, 4) is 0 Å². The first kappa shape index (κ1) is 13.8. The van der Waals surface area contributed by atoms with Gasteiger partial charge in [0.2, 0.25) is 0 Å². The molecule has 1 aromatic rings. The summed E-state index contributed by atoms with van der Waals surface area (Å²) in [7, 11) is -0.440. The number of hydrogen-bond acceptors (Lipinski definition) is 5. The van der Waals surface area contributed by atoms with Gasteiger partial charge in [0, 0.05) is 25.5 Å². The first-order chi connectivity index (χ1) is 9.41. The van der Waals surface area contributed by atoms with Gasteiger partial charge in [0.05, 0.1) is 11.2 Å². The molecule has 2 fully saturated rings. The maximum atomic E-state index is 6.10. The van der Waals surface area contributed by atoms with Crippen LogP contribution in [0.3, 0.4) is 0 Å². The fourth-order valence-electron chi connectivity index (χ4n) is 2.63. The summed E-state index contributed by atoms with van der Waals surface area (Å²) in [6.07, 6.45) is 5.86. The summed E-state index contributed by atoms with van der Waals surface area (Å²) in [5.74, 6) is 0.906. The lowest BCUT2D eigenvalue weighted by molar-refractivity contribution is 0.00578. The highest BCUT2D eigenvalue weighted by Gasteiger charge is 2.53. The number of rotatable bonds is 2. The molecule has 2 aliphatic heterocycles. The van der Waals surface area contributed by atoms with E-state index in [2.05, 4.69) is 42.6 Å². The Morgan fingerprint density at radius 2 is 1.55 bits per heavy atom. The molecule has 1 aromatic heterocycles. The predicted molar refractivity (Wildman–Crippen MR) is 79.2 cm³/mol. The van der Waals surface area contributed by atoms with Gasteiger partial charge in [0.1, 0.15) is 11.4 Å². The number of anilines is 1. The molecule has 0 unspecified atom stereocenters. The maximum absolute atomic E-state index is 6.10. The van der Waals surface area contributed by atoms with Gasteiger partial charge in [0.25, 0.3) is 0 Å². The van der Waals surface area contributed by atoms with Crippen LogP contribution in [0.1, 0.15) is 40.5 Å². The largest absolute Gasteiger partial charge is 0.518 e. The third kappa shape index (κ3) is 2.21. The zero-order chi connectivity index (χ0) is 14.4. The highest BCUT2D eigenvalue weighted by Crippen LogP contribution is 2.36. The predicted octanol–water partition coefficient (Wildman–Crippen LogP) is 1.38. The fourth-order valence-corrected chi connectivity index (χ4v) is 2.63. The second kappa shape index (κ2) is 4.70. The monoisotopic (exact) mass is 275 g/mol. The van der Waals surface area contributed by atoms with E-state index in [0.717, 1.165) is 24.5 Å². The van der Waals surface area contributed by atoms with Crippen LogP contribution in [0.25, 0.3) is 0 Å². The molecule has 0 aliphatic carbocycles. The fraction of sp³-hybridized carbons (Fsp3) is 0.714. The molecule has 20 heavy (non-hydrogen) atoms. The summed E-state index contributed by atoms with van der Waals surface area (Å²) in [6, 6.07) is 0. The lowest BCUT2D eigenvalue weighted by Gasteiger charge is -2.32. The van der Waals surface area contributed by atoms with E-state index in [1.807, 2.05) is 0 Å². The van der Waals surface area contributed by atoms with Crippen LogP contribution in [0.2, 0.25) is 0 Å². The van der Waals surface area contributed by atoms with E-state index in [1.165, 1.54) is 12.8 Å². The summed E-state index contributed by atoms with van der Waals surface area (Å²) < 4.78 is 12.2. The Bertz CT molecular complexity index is 485. The van der Waals surface area contributed by atoms with Crippen molar-refractivity contribution < 1.29 is 9.31 Å². The molecule has 3 rings (SSSR count). The molecule has 108 valence electrons. The number of nitrogens with zero attached hydrogens (tertiary/aromatic N) is 3. The Hall–Kier alpha value is -1.14. The van der Waals surface area contributed by atoms with E-state index in [1.54, 1.807) is 12.4 Å². The minimum Gasteiger partial charge on any atom is -0.398 e. The Morgan fingerprint density at radius 3 is 2.15 bits per heavy atom. The number of hydrogen-bond donors (Lipinski definition) is 0. The molecule has 2 saturated heterocycles. The van der Waals surface area contributed by atoms with Crippen molar-refractivity contribution in [2.75, 3.05) is 18.0 Å². The summed E-state index contributed by atoms with van der Waals surface area (Å²) in [6.45, 7) is 10.3. The maximum Gasteiger partial charge on any atom is 0.518 e. The van der Waals surface area contributed by atoms with Crippen LogP contribution in [-0.2, 0) is 9.31 Å². The van der Waals surface area contributed by atoms with Gasteiger partial charge in [-0.15, -0.1) is 0 Å². The molecule has 3 heterocycles. The van der Waals surface area contributed by atoms with E-state index < -0.39 is 7.12 Å². The van der Waals surface area contributed by atoms with Gasteiger partial charge in [-0.3, -0.25) is 4.98 Å². The van der Waals surface area contributed by atoms with Crippen molar-refractivity contribution in [1.82, 2.24) is 9.97 Å². The van der Waals surface area contributed by atoms with Gasteiger partial charge in [-0.05, 0) is 40.5 Å². The summed E-state index contributed by atoms with van der Waals surface area (Å²) >= 11 is 0. The minimum atomic E-state index is -0.440. The third-order valence-corrected chi connectivity index (χ3v) is 4.59. The van der Waals surface area contributed by atoms with Crippen molar-refractivity contribution in [2.45, 2.75) is 51.7 Å². The molecule has 2 aliphatic rings. The van der Waals surface area contributed by atoms with Crippen molar-refractivity contribution in [3.63, 3.8) is 0 Å². The standard InChI is InChI=1S/C14H22BN3O2/c1-13(2)14(3,4)20-15(19-13)11-12(17-8-7-16-11)18-9-5-6-10-18/h7-8H,5-6,9-10H2,1-4H3. The summed E-state index contributed by atoms with van der Waals surface area (Å²) in [5, 5.41) is 0. The van der Waals surface area contributed by atoms with E-state index >= 15 is 0 Å². The van der Waals surface area contributed by atoms with E-state index in [9.17, 15) is 0 Å². The van der Waals surface area contributed by atoms with Crippen molar-refractivity contribution >= 4 is 18.5 Å². The second-order valence-electron chi connectivity index (χ2n) is 6.55. The molecule has 5 nitrogen and oxygen atoms in total. The average Bonchev–Trinajstić information content (AvgIpc) is 2.97. The van der Waals surface area contributed by atoms with Crippen molar-refractivity contribution in [1.29, 1.82) is 0 Å². The van der Waals surface area contributed by atoms with Gasteiger partial charge in [-0.2, -0.15) is 0 Å². The van der Waals surface area contributed by atoms with Gasteiger partial charge in [0.15, 0.2) is 0 Å². The quantitative estimate of drug-likeness (QED) is 0.763. The minimum absolute atomic E-state index is 0.350. The van der Waals surface area contributed by atoms with E-state index in [4.69, 9.17) is 9.31 Å². The highest BCUT2D eigenvalue weighted by atomic mass is 16.7. The highest BCUT2D eigenvalue weighted by molar-refractivity contribution is 6.62. The first-order valence-electron chi connectivity index (χ1n) is 7.32. The number of aromatic nitrogens is 2. The SMILES string of the molecule is CC1(C)OB(c2nccnc2N2CCCC2)OC1(C)C. The Labute approximate surface area is 120 Å². The van der Waals surface area contributed by atoms with E-state index in [0.29, 0.717) is 0 Å².